The molecule has 0 aromatic heterocycles. The predicted molar refractivity (Wildman–Crippen MR) is 60.9 cm³/mol. The highest BCUT2D eigenvalue weighted by Crippen LogP contribution is 2.17. The van der Waals surface area contributed by atoms with Gasteiger partial charge < -0.3 is 9.47 Å². The number of methoxy groups -OCH3 is 2. The molecular weight excluding hydrogens is 206 g/mol. The van der Waals surface area contributed by atoms with E-state index in [1.165, 1.54) is 0 Å². The van der Waals surface area contributed by atoms with Crippen molar-refractivity contribution in [1.29, 1.82) is 0 Å². The van der Waals surface area contributed by atoms with Crippen molar-refractivity contribution in [2.75, 3.05) is 20.8 Å². The SMILES string of the molecule is COCC(OC)c1ccc(CN=[N+]=[N-])cc1. The number of ether oxygens (including phenoxy) is 2. The molecule has 16 heavy (non-hydrogen) atoms. The second-order valence-electron chi connectivity index (χ2n) is 3.31. The van der Waals surface area contributed by atoms with Crippen LogP contribution in [-0.4, -0.2) is 20.8 Å². The molecule has 0 bridgehead atoms. The Morgan fingerprint density at radius 2 is 2.00 bits per heavy atom. The zero-order chi connectivity index (χ0) is 11.8. The summed E-state index contributed by atoms with van der Waals surface area (Å²) in [5, 5.41) is 3.50. The van der Waals surface area contributed by atoms with Gasteiger partial charge in [0.2, 0.25) is 0 Å². The zero-order valence-corrected chi connectivity index (χ0v) is 9.46. The third-order valence-corrected chi connectivity index (χ3v) is 2.27. The highest BCUT2D eigenvalue weighted by atomic mass is 16.5. The lowest BCUT2D eigenvalue weighted by Gasteiger charge is -2.14. The third-order valence-electron chi connectivity index (χ3n) is 2.27. The van der Waals surface area contributed by atoms with Crippen LogP contribution in [0.1, 0.15) is 17.2 Å². The summed E-state index contributed by atoms with van der Waals surface area (Å²) < 4.78 is 10.3. The van der Waals surface area contributed by atoms with Crippen LogP contribution in [0.15, 0.2) is 29.4 Å². The number of benzene rings is 1. The first-order chi connectivity index (χ1) is 7.81. The molecule has 86 valence electrons. The van der Waals surface area contributed by atoms with Gasteiger partial charge in [-0.2, -0.15) is 0 Å². The number of hydrogen-bond donors (Lipinski definition) is 0. The average molecular weight is 221 g/mol. The maximum absolute atomic E-state index is 8.20. The van der Waals surface area contributed by atoms with Gasteiger partial charge in [-0.3, -0.25) is 0 Å². The van der Waals surface area contributed by atoms with Crippen LogP contribution < -0.4 is 0 Å². The van der Waals surface area contributed by atoms with Crippen molar-refractivity contribution in [1.82, 2.24) is 0 Å². The Kier molecular flexibility index (Phi) is 5.36. The molecule has 0 aliphatic heterocycles. The Bertz CT molecular complexity index is 358. The number of hydrogen-bond acceptors (Lipinski definition) is 3. The van der Waals surface area contributed by atoms with Gasteiger partial charge in [-0.05, 0) is 16.7 Å². The van der Waals surface area contributed by atoms with Crippen molar-refractivity contribution in [2.45, 2.75) is 12.6 Å². The van der Waals surface area contributed by atoms with E-state index in [1.807, 2.05) is 24.3 Å². The molecule has 1 atom stereocenters. The lowest BCUT2D eigenvalue weighted by Crippen LogP contribution is -2.08. The smallest absolute Gasteiger partial charge is 0.105 e. The molecule has 1 aromatic carbocycles. The van der Waals surface area contributed by atoms with Crippen molar-refractivity contribution in [3.63, 3.8) is 0 Å². The monoisotopic (exact) mass is 221 g/mol. The molecule has 0 spiro atoms. The molecule has 0 fully saturated rings. The fourth-order valence-electron chi connectivity index (χ4n) is 1.40. The lowest BCUT2D eigenvalue weighted by atomic mass is 10.1. The van der Waals surface area contributed by atoms with Gasteiger partial charge in [-0.25, -0.2) is 0 Å². The van der Waals surface area contributed by atoms with Crippen LogP contribution in [-0.2, 0) is 16.0 Å². The van der Waals surface area contributed by atoms with Crippen LogP contribution in [0.25, 0.3) is 10.4 Å². The summed E-state index contributed by atoms with van der Waals surface area (Å²) >= 11 is 0. The number of rotatable bonds is 6. The fourth-order valence-corrected chi connectivity index (χ4v) is 1.40. The van der Waals surface area contributed by atoms with E-state index < -0.39 is 0 Å². The molecule has 0 heterocycles. The molecule has 0 N–H and O–H groups in total. The first-order valence-electron chi connectivity index (χ1n) is 4.93. The fraction of sp³-hybridized carbons (Fsp3) is 0.455. The van der Waals surface area contributed by atoms with E-state index in [2.05, 4.69) is 10.0 Å². The van der Waals surface area contributed by atoms with Crippen LogP contribution >= 0.6 is 0 Å². The van der Waals surface area contributed by atoms with Gasteiger partial charge in [0, 0.05) is 19.1 Å². The lowest BCUT2D eigenvalue weighted by molar-refractivity contribution is 0.0275. The minimum absolute atomic E-state index is 0.0569. The van der Waals surface area contributed by atoms with Crippen molar-refractivity contribution >= 4 is 0 Å². The molecule has 1 rings (SSSR count). The largest absolute Gasteiger partial charge is 0.382 e. The summed E-state index contributed by atoms with van der Waals surface area (Å²) in [6, 6.07) is 7.75. The molecular formula is C11H15N3O2. The van der Waals surface area contributed by atoms with Gasteiger partial charge >= 0.3 is 0 Å². The zero-order valence-electron chi connectivity index (χ0n) is 9.46. The summed E-state index contributed by atoms with van der Waals surface area (Å²) in [5.41, 5.74) is 10.2. The summed E-state index contributed by atoms with van der Waals surface area (Å²) in [6.45, 7) is 0.894. The molecule has 0 saturated heterocycles. The van der Waals surface area contributed by atoms with E-state index >= 15 is 0 Å². The van der Waals surface area contributed by atoms with E-state index in [-0.39, 0.29) is 6.10 Å². The van der Waals surface area contributed by atoms with Gasteiger partial charge in [-0.1, -0.05) is 29.4 Å². The van der Waals surface area contributed by atoms with Crippen molar-refractivity contribution in [3.8, 4) is 0 Å². The quantitative estimate of drug-likeness (QED) is 0.421. The first-order valence-corrected chi connectivity index (χ1v) is 4.93. The summed E-state index contributed by atoms with van der Waals surface area (Å²) in [7, 11) is 3.29. The van der Waals surface area contributed by atoms with Crippen molar-refractivity contribution in [3.05, 3.63) is 45.8 Å². The van der Waals surface area contributed by atoms with Gasteiger partial charge in [0.05, 0.1) is 13.2 Å². The summed E-state index contributed by atoms with van der Waals surface area (Å²) in [4.78, 5) is 2.71. The highest BCUT2D eigenvalue weighted by Gasteiger charge is 2.09. The summed E-state index contributed by atoms with van der Waals surface area (Å²) in [5.74, 6) is 0. The van der Waals surface area contributed by atoms with Crippen LogP contribution in [0, 0.1) is 0 Å². The second kappa shape index (κ2) is 6.85. The van der Waals surface area contributed by atoms with E-state index in [0.29, 0.717) is 13.2 Å². The maximum atomic E-state index is 8.20. The topological polar surface area (TPSA) is 67.2 Å². The number of nitrogens with zero attached hydrogens (tertiary/aromatic N) is 3. The Balaban J connectivity index is 2.72. The van der Waals surface area contributed by atoms with E-state index in [0.717, 1.165) is 11.1 Å². The second-order valence-corrected chi connectivity index (χ2v) is 3.31. The minimum Gasteiger partial charge on any atom is -0.382 e. The Morgan fingerprint density at radius 1 is 1.31 bits per heavy atom. The third kappa shape index (κ3) is 3.55. The highest BCUT2D eigenvalue weighted by molar-refractivity contribution is 5.24. The van der Waals surface area contributed by atoms with Crippen LogP contribution in [0.3, 0.4) is 0 Å². The molecule has 1 unspecified atom stereocenters. The summed E-state index contributed by atoms with van der Waals surface area (Å²) in [6.07, 6.45) is -0.0569. The molecule has 0 aliphatic carbocycles. The molecule has 0 saturated carbocycles. The molecule has 0 aliphatic rings. The predicted octanol–water partition coefficient (Wildman–Crippen LogP) is 2.83. The van der Waals surface area contributed by atoms with Gasteiger partial charge in [0.15, 0.2) is 0 Å². The normalized spacial score (nSPS) is 11.9. The Morgan fingerprint density at radius 3 is 2.50 bits per heavy atom. The van der Waals surface area contributed by atoms with Gasteiger partial charge in [0.1, 0.15) is 6.10 Å². The van der Waals surface area contributed by atoms with E-state index in [4.69, 9.17) is 15.0 Å². The maximum Gasteiger partial charge on any atom is 0.105 e. The van der Waals surface area contributed by atoms with Crippen molar-refractivity contribution < 1.29 is 9.47 Å². The van der Waals surface area contributed by atoms with E-state index in [9.17, 15) is 0 Å². The molecule has 0 amide bonds. The minimum atomic E-state index is -0.0569. The van der Waals surface area contributed by atoms with E-state index in [1.54, 1.807) is 14.2 Å². The Labute approximate surface area is 94.6 Å². The van der Waals surface area contributed by atoms with Crippen LogP contribution in [0.5, 0.6) is 0 Å². The van der Waals surface area contributed by atoms with Gasteiger partial charge in [0.25, 0.3) is 0 Å². The standard InChI is InChI=1S/C11H15N3O2/c1-15-8-11(16-2)10-5-3-9(4-6-10)7-13-14-12/h3-6,11H,7-8H2,1-2H3. The first kappa shape index (κ1) is 12.5. The van der Waals surface area contributed by atoms with Crippen molar-refractivity contribution in [2.24, 2.45) is 5.11 Å². The average Bonchev–Trinajstić information content (AvgIpc) is 2.34. The van der Waals surface area contributed by atoms with Crippen LogP contribution in [0.2, 0.25) is 0 Å². The molecule has 0 radical (unpaired) electrons. The number of azide groups is 1. The molecule has 1 aromatic rings. The Hall–Kier alpha value is -1.55. The van der Waals surface area contributed by atoms with Crippen LogP contribution in [0.4, 0.5) is 0 Å². The molecule has 5 nitrogen and oxygen atoms in total. The van der Waals surface area contributed by atoms with Gasteiger partial charge in [-0.15, -0.1) is 0 Å². The molecule has 5 heteroatoms.